The van der Waals surface area contributed by atoms with E-state index in [1.54, 1.807) is 18.2 Å². The van der Waals surface area contributed by atoms with Gasteiger partial charge in [-0.3, -0.25) is 14.6 Å². The SMILES string of the molecule is Cc1cc(CN2CCN(C(C)C(=O)Nc3ccc(C#N)c(Cl)c3)CC2)on1. The molecule has 1 saturated heterocycles. The lowest BCUT2D eigenvalue weighted by Gasteiger charge is -2.37. The number of rotatable bonds is 5. The minimum atomic E-state index is -0.255. The molecule has 0 spiro atoms. The number of carbonyl (C=O) groups is 1. The Balaban J connectivity index is 1.51. The first kappa shape index (κ1) is 19.4. The van der Waals surface area contributed by atoms with Crippen LogP contribution in [0.2, 0.25) is 5.02 Å². The molecule has 0 bridgehead atoms. The van der Waals surface area contributed by atoms with Crippen LogP contribution in [0.3, 0.4) is 0 Å². The summed E-state index contributed by atoms with van der Waals surface area (Å²) in [6.07, 6.45) is 0. The van der Waals surface area contributed by atoms with E-state index in [0.29, 0.717) is 16.3 Å². The van der Waals surface area contributed by atoms with Gasteiger partial charge in [-0.15, -0.1) is 0 Å². The summed E-state index contributed by atoms with van der Waals surface area (Å²) in [7, 11) is 0. The second-order valence-corrected chi connectivity index (χ2v) is 7.13. The number of halogens is 1. The molecule has 1 aromatic carbocycles. The molecule has 2 heterocycles. The van der Waals surface area contributed by atoms with E-state index in [1.807, 2.05) is 26.0 Å². The lowest BCUT2D eigenvalue weighted by atomic mass is 10.2. The Bertz CT molecular complexity index is 852. The molecule has 7 nitrogen and oxygen atoms in total. The van der Waals surface area contributed by atoms with Crippen molar-refractivity contribution in [1.29, 1.82) is 5.26 Å². The summed E-state index contributed by atoms with van der Waals surface area (Å²) in [5, 5.41) is 16.0. The Morgan fingerprint density at radius 1 is 1.37 bits per heavy atom. The highest BCUT2D eigenvalue weighted by Crippen LogP contribution is 2.21. The number of amides is 1. The van der Waals surface area contributed by atoms with Gasteiger partial charge in [0, 0.05) is 37.9 Å². The van der Waals surface area contributed by atoms with Crippen molar-refractivity contribution < 1.29 is 9.32 Å². The molecule has 8 heteroatoms. The number of aromatic nitrogens is 1. The minimum absolute atomic E-state index is 0.0879. The normalized spacial score (nSPS) is 16.7. The smallest absolute Gasteiger partial charge is 0.241 e. The van der Waals surface area contributed by atoms with Crippen LogP contribution in [0.1, 0.15) is 23.9 Å². The molecule has 27 heavy (non-hydrogen) atoms. The van der Waals surface area contributed by atoms with E-state index < -0.39 is 0 Å². The molecular formula is C19H22ClN5O2. The molecule has 1 atom stereocenters. The molecule has 1 fully saturated rings. The first-order valence-electron chi connectivity index (χ1n) is 8.85. The van der Waals surface area contributed by atoms with Crippen molar-refractivity contribution in [1.82, 2.24) is 15.0 Å². The molecule has 1 aliphatic heterocycles. The van der Waals surface area contributed by atoms with E-state index in [9.17, 15) is 4.79 Å². The monoisotopic (exact) mass is 387 g/mol. The van der Waals surface area contributed by atoms with Gasteiger partial charge in [0.15, 0.2) is 5.76 Å². The number of aryl methyl sites for hydroxylation is 1. The highest BCUT2D eigenvalue weighted by atomic mass is 35.5. The Morgan fingerprint density at radius 2 is 2.11 bits per heavy atom. The molecule has 2 aromatic rings. The van der Waals surface area contributed by atoms with Crippen LogP contribution in [0.25, 0.3) is 0 Å². The third kappa shape index (κ3) is 4.86. The van der Waals surface area contributed by atoms with Crippen molar-refractivity contribution in [3.63, 3.8) is 0 Å². The highest BCUT2D eigenvalue weighted by Gasteiger charge is 2.26. The van der Waals surface area contributed by atoms with Crippen LogP contribution in [-0.2, 0) is 11.3 Å². The second kappa shape index (κ2) is 8.53. The average Bonchev–Trinajstić information content (AvgIpc) is 3.06. The zero-order valence-corrected chi connectivity index (χ0v) is 16.2. The van der Waals surface area contributed by atoms with Crippen molar-refractivity contribution >= 4 is 23.2 Å². The summed E-state index contributed by atoms with van der Waals surface area (Å²) in [5.41, 5.74) is 1.87. The Morgan fingerprint density at radius 3 is 2.70 bits per heavy atom. The second-order valence-electron chi connectivity index (χ2n) is 6.72. The van der Waals surface area contributed by atoms with Gasteiger partial charge in [-0.1, -0.05) is 16.8 Å². The predicted octanol–water partition coefficient (Wildman–Crippen LogP) is 2.65. The largest absolute Gasteiger partial charge is 0.360 e. The summed E-state index contributed by atoms with van der Waals surface area (Å²) < 4.78 is 5.27. The summed E-state index contributed by atoms with van der Waals surface area (Å²) in [6.45, 7) is 7.87. The lowest BCUT2D eigenvalue weighted by Crippen LogP contribution is -2.52. The van der Waals surface area contributed by atoms with Gasteiger partial charge in [-0.25, -0.2) is 0 Å². The molecule has 3 rings (SSSR count). The van der Waals surface area contributed by atoms with E-state index in [1.165, 1.54) is 0 Å². The summed E-state index contributed by atoms with van der Waals surface area (Å²) >= 11 is 6.02. The Kier molecular flexibility index (Phi) is 6.11. The highest BCUT2D eigenvalue weighted by molar-refractivity contribution is 6.32. The van der Waals surface area contributed by atoms with Crippen LogP contribution < -0.4 is 5.32 Å². The first-order chi connectivity index (χ1) is 13.0. The fourth-order valence-corrected chi connectivity index (χ4v) is 3.34. The van der Waals surface area contributed by atoms with Crippen LogP contribution in [0.15, 0.2) is 28.8 Å². The first-order valence-corrected chi connectivity index (χ1v) is 9.23. The van der Waals surface area contributed by atoms with Gasteiger partial charge in [0.1, 0.15) is 6.07 Å². The van der Waals surface area contributed by atoms with Crippen molar-refractivity contribution in [2.45, 2.75) is 26.4 Å². The van der Waals surface area contributed by atoms with E-state index >= 15 is 0 Å². The maximum Gasteiger partial charge on any atom is 0.241 e. The van der Waals surface area contributed by atoms with E-state index in [0.717, 1.165) is 44.2 Å². The predicted molar refractivity (Wildman–Crippen MR) is 102 cm³/mol. The van der Waals surface area contributed by atoms with Gasteiger partial charge in [-0.2, -0.15) is 5.26 Å². The van der Waals surface area contributed by atoms with Gasteiger partial charge in [0.05, 0.1) is 28.9 Å². The Labute approximate surface area is 163 Å². The number of hydrogen-bond donors (Lipinski definition) is 1. The van der Waals surface area contributed by atoms with E-state index in [2.05, 4.69) is 20.3 Å². The molecular weight excluding hydrogens is 366 g/mol. The number of benzene rings is 1. The summed E-state index contributed by atoms with van der Waals surface area (Å²) in [4.78, 5) is 17.0. The molecule has 1 aliphatic rings. The van der Waals surface area contributed by atoms with Crippen LogP contribution in [0.4, 0.5) is 5.69 Å². The van der Waals surface area contributed by atoms with Crippen molar-refractivity contribution in [2.75, 3.05) is 31.5 Å². The van der Waals surface area contributed by atoms with E-state index in [-0.39, 0.29) is 11.9 Å². The van der Waals surface area contributed by atoms with Gasteiger partial charge in [0.2, 0.25) is 5.91 Å². The fraction of sp³-hybridized carbons (Fsp3) is 0.421. The fourth-order valence-electron chi connectivity index (χ4n) is 3.12. The lowest BCUT2D eigenvalue weighted by molar-refractivity contribution is -0.121. The number of anilines is 1. The number of nitrogens with zero attached hydrogens (tertiary/aromatic N) is 4. The number of nitriles is 1. The number of carbonyl (C=O) groups excluding carboxylic acids is 1. The summed E-state index contributed by atoms with van der Waals surface area (Å²) in [6, 6.07) is 8.59. The standard InChI is InChI=1S/C19H22ClN5O2/c1-13-9-17(27-23-13)12-24-5-7-25(8-6-24)14(2)19(26)22-16-4-3-15(11-21)18(20)10-16/h3-4,9-10,14H,5-8,12H2,1-2H3,(H,22,26). The quantitative estimate of drug-likeness (QED) is 0.848. The number of hydrogen-bond acceptors (Lipinski definition) is 6. The third-order valence-corrected chi connectivity index (χ3v) is 5.06. The van der Waals surface area contributed by atoms with Crippen LogP contribution in [-0.4, -0.2) is 53.1 Å². The van der Waals surface area contributed by atoms with Crippen LogP contribution in [0, 0.1) is 18.3 Å². The third-order valence-electron chi connectivity index (χ3n) is 4.75. The topological polar surface area (TPSA) is 85.4 Å². The van der Waals surface area contributed by atoms with E-state index in [4.69, 9.17) is 21.4 Å². The maximum atomic E-state index is 12.6. The van der Waals surface area contributed by atoms with Gasteiger partial charge in [-0.05, 0) is 32.0 Å². The maximum absolute atomic E-state index is 12.6. The number of nitrogens with one attached hydrogen (secondary N) is 1. The summed E-state index contributed by atoms with van der Waals surface area (Å²) in [5.74, 6) is 0.777. The molecule has 0 aliphatic carbocycles. The van der Waals surface area contributed by atoms with Gasteiger partial charge < -0.3 is 9.84 Å². The Hall–Kier alpha value is -2.40. The van der Waals surface area contributed by atoms with Gasteiger partial charge in [0.25, 0.3) is 0 Å². The molecule has 1 aromatic heterocycles. The molecule has 0 radical (unpaired) electrons. The van der Waals surface area contributed by atoms with Gasteiger partial charge >= 0.3 is 0 Å². The minimum Gasteiger partial charge on any atom is -0.360 e. The molecule has 1 N–H and O–H groups in total. The van der Waals surface area contributed by atoms with Crippen molar-refractivity contribution in [3.05, 3.63) is 46.3 Å². The van der Waals surface area contributed by atoms with Crippen molar-refractivity contribution in [2.24, 2.45) is 0 Å². The number of piperazine rings is 1. The molecule has 1 amide bonds. The molecule has 1 unspecified atom stereocenters. The zero-order chi connectivity index (χ0) is 19.4. The molecule has 0 saturated carbocycles. The average molecular weight is 388 g/mol. The van der Waals surface area contributed by atoms with Crippen molar-refractivity contribution in [3.8, 4) is 6.07 Å². The van der Waals surface area contributed by atoms with Crippen LogP contribution in [0.5, 0.6) is 0 Å². The molecule has 142 valence electrons. The zero-order valence-electron chi connectivity index (χ0n) is 15.4. The van der Waals surface area contributed by atoms with Crippen LogP contribution >= 0.6 is 11.6 Å².